The molecule has 0 radical (unpaired) electrons. The molecule has 0 bridgehead atoms. The van der Waals surface area contributed by atoms with Crippen LogP contribution in [-0.2, 0) is 4.79 Å². The van der Waals surface area contributed by atoms with Gasteiger partial charge in [0.05, 0.1) is 27.3 Å². The third-order valence-corrected chi connectivity index (χ3v) is 7.87. The molecule has 0 fully saturated rings. The van der Waals surface area contributed by atoms with E-state index >= 15 is 0 Å². The Kier molecular flexibility index (Phi) is 9.06. The molecule has 45 heavy (non-hydrogen) atoms. The van der Waals surface area contributed by atoms with Gasteiger partial charge >= 0.3 is 0 Å². The summed E-state index contributed by atoms with van der Waals surface area (Å²) in [5.41, 5.74) is 1.97. The average Bonchev–Trinajstić information content (AvgIpc) is 3.44. The minimum absolute atomic E-state index is 0.230. The molecule has 12 heteroatoms. The molecule has 0 saturated heterocycles. The highest BCUT2D eigenvalue weighted by Crippen LogP contribution is 2.34. The number of fused-ring (bicyclic) bond motifs is 2. The van der Waals surface area contributed by atoms with Crippen LogP contribution in [0, 0.1) is 3.57 Å². The second kappa shape index (κ2) is 13.3. The fourth-order valence-electron chi connectivity index (χ4n) is 4.57. The van der Waals surface area contributed by atoms with Crippen molar-refractivity contribution in [2.75, 3.05) is 18.5 Å². The number of hydrogen-bond acceptors (Lipinski definition) is 7. The van der Waals surface area contributed by atoms with E-state index in [0.29, 0.717) is 65.2 Å². The number of carbonyl (C=O) groups excluding carboxylic acids is 1. The lowest BCUT2D eigenvalue weighted by molar-refractivity contribution is -0.118. The fraction of sp³-hybridized carbons (Fsp3) is 0.0909. The van der Waals surface area contributed by atoms with E-state index in [1.807, 2.05) is 13.0 Å². The van der Waals surface area contributed by atoms with Crippen molar-refractivity contribution in [1.82, 2.24) is 9.66 Å². The molecule has 4 aromatic carbocycles. The van der Waals surface area contributed by atoms with E-state index in [1.165, 1.54) is 10.9 Å². The zero-order chi connectivity index (χ0) is 31.5. The van der Waals surface area contributed by atoms with Crippen molar-refractivity contribution in [3.8, 4) is 23.1 Å². The lowest BCUT2D eigenvalue weighted by atomic mass is 10.2. The maximum atomic E-state index is 13.7. The highest BCUT2D eigenvalue weighted by molar-refractivity contribution is 14.1. The van der Waals surface area contributed by atoms with Gasteiger partial charge in [0.15, 0.2) is 23.9 Å². The van der Waals surface area contributed by atoms with Crippen molar-refractivity contribution in [2.45, 2.75) is 6.92 Å². The molecule has 6 aromatic rings. The predicted octanol–water partition coefficient (Wildman–Crippen LogP) is 8.02. The van der Waals surface area contributed by atoms with Gasteiger partial charge in [-0.05, 0) is 108 Å². The van der Waals surface area contributed by atoms with E-state index < -0.39 is 0 Å². The van der Waals surface area contributed by atoms with Crippen molar-refractivity contribution in [3.63, 3.8) is 0 Å². The number of aromatic nitrogens is 2. The summed E-state index contributed by atoms with van der Waals surface area (Å²) >= 11 is 14.2. The van der Waals surface area contributed by atoms with Gasteiger partial charge < -0.3 is 19.2 Å². The quantitative estimate of drug-likeness (QED) is 0.118. The number of ether oxygens (including phenoxy) is 2. The van der Waals surface area contributed by atoms with Gasteiger partial charge in [0.25, 0.3) is 11.5 Å². The molecule has 1 N–H and O–H groups in total. The lowest BCUT2D eigenvalue weighted by Crippen LogP contribution is -2.21. The van der Waals surface area contributed by atoms with E-state index in [0.717, 1.165) is 5.39 Å². The van der Waals surface area contributed by atoms with Gasteiger partial charge in [-0.2, -0.15) is 9.78 Å². The Balaban J connectivity index is 1.33. The Labute approximate surface area is 280 Å². The van der Waals surface area contributed by atoms with Gasteiger partial charge in [-0.15, -0.1) is 0 Å². The molecule has 2 aromatic heterocycles. The number of nitrogens with zero attached hydrogens (tertiary/aromatic N) is 3. The summed E-state index contributed by atoms with van der Waals surface area (Å²) in [6.07, 6.45) is 1.53. The van der Waals surface area contributed by atoms with Crippen LogP contribution in [0.4, 0.5) is 5.69 Å². The van der Waals surface area contributed by atoms with E-state index in [2.05, 4.69) is 33.0 Å². The van der Waals surface area contributed by atoms with Gasteiger partial charge in [0.2, 0.25) is 5.82 Å². The van der Waals surface area contributed by atoms with E-state index in [1.54, 1.807) is 78.9 Å². The third-order valence-electron chi connectivity index (χ3n) is 6.58. The third kappa shape index (κ3) is 6.82. The normalized spacial score (nSPS) is 11.4. The molecule has 1 amide bonds. The summed E-state index contributed by atoms with van der Waals surface area (Å²) in [6, 6.07) is 24.4. The Hall–Kier alpha value is -4.39. The number of carbonyl (C=O) groups is 1. The first kappa shape index (κ1) is 30.6. The number of benzene rings is 4. The molecule has 6 rings (SSSR count). The number of anilines is 1. The van der Waals surface area contributed by atoms with Crippen LogP contribution in [0.2, 0.25) is 10.0 Å². The smallest absolute Gasteiger partial charge is 0.282 e. The number of amides is 1. The molecule has 226 valence electrons. The molecule has 0 unspecified atom stereocenters. The highest BCUT2D eigenvalue weighted by atomic mass is 127. The summed E-state index contributed by atoms with van der Waals surface area (Å²) in [4.78, 5) is 30.9. The molecular weight excluding hydrogens is 730 g/mol. The number of nitrogens with one attached hydrogen (secondary N) is 1. The number of hydrogen-bond donors (Lipinski definition) is 1. The van der Waals surface area contributed by atoms with Gasteiger partial charge in [0, 0.05) is 21.1 Å². The predicted molar refractivity (Wildman–Crippen MR) is 185 cm³/mol. The highest BCUT2D eigenvalue weighted by Gasteiger charge is 2.18. The molecule has 2 heterocycles. The molecule has 0 aliphatic carbocycles. The fourth-order valence-corrected chi connectivity index (χ4v) is 5.66. The van der Waals surface area contributed by atoms with E-state index in [9.17, 15) is 9.59 Å². The largest absolute Gasteiger partial charge is 0.490 e. The maximum absolute atomic E-state index is 13.7. The zero-order valence-corrected chi connectivity index (χ0v) is 27.3. The Morgan fingerprint density at radius 2 is 1.80 bits per heavy atom. The van der Waals surface area contributed by atoms with E-state index in [-0.39, 0.29) is 23.9 Å². The van der Waals surface area contributed by atoms with Crippen LogP contribution < -0.4 is 20.3 Å². The van der Waals surface area contributed by atoms with Crippen molar-refractivity contribution in [1.29, 1.82) is 0 Å². The topological polar surface area (TPSA) is 108 Å². The van der Waals surface area contributed by atoms with Crippen LogP contribution in [0.3, 0.4) is 0 Å². The summed E-state index contributed by atoms with van der Waals surface area (Å²) in [5.74, 6) is 1.08. The second-order valence-electron chi connectivity index (χ2n) is 9.71. The van der Waals surface area contributed by atoms with Gasteiger partial charge in [0.1, 0.15) is 5.58 Å². The van der Waals surface area contributed by atoms with Crippen LogP contribution in [0.15, 0.2) is 99.2 Å². The summed E-state index contributed by atoms with van der Waals surface area (Å²) in [7, 11) is 0. The number of rotatable bonds is 9. The van der Waals surface area contributed by atoms with Crippen LogP contribution in [-0.4, -0.2) is 35.0 Å². The molecule has 0 aliphatic heterocycles. The first-order valence-electron chi connectivity index (χ1n) is 13.7. The van der Waals surface area contributed by atoms with Crippen molar-refractivity contribution < 1.29 is 18.7 Å². The van der Waals surface area contributed by atoms with E-state index in [4.69, 9.17) is 42.1 Å². The molecular formula is C33H23Cl2IN4O5. The number of para-hydroxylation sites is 1. The minimum atomic E-state index is -0.364. The van der Waals surface area contributed by atoms with Crippen molar-refractivity contribution in [3.05, 3.63) is 114 Å². The first-order chi connectivity index (χ1) is 21.8. The Bertz CT molecular complexity index is 2140. The monoisotopic (exact) mass is 752 g/mol. The number of furan rings is 1. The van der Waals surface area contributed by atoms with Gasteiger partial charge in [-0.1, -0.05) is 35.3 Å². The first-order valence-corrected chi connectivity index (χ1v) is 15.5. The Morgan fingerprint density at radius 1 is 1.02 bits per heavy atom. The molecule has 0 atom stereocenters. The summed E-state index contributed by atoms with van der Waals surface area (Å²) < 4.78 is 19.7. The minimum Gasteiger partial charge on any atom is -0.490 e. The summed E-state index contributed by atoms with van der Waals surface area (Å²) in [5, 5.41) is 9.62. The molecule has 9 nitrogen and oxygen atoms in total. The van der Waals surface area contributed by atoms with Crippen molar-refractivity contribution >= 4 is 85.5 Å². The van der Waals surface area contributed by atoms with Crippen molar-refractivity contribution in [2.24, 2.45) is 5.10 Å². The lowest BCUT2D eigenvalue weighted by Gasteiger charge is -2.15. The van der Waals surface area contributed by atoms with Crippen LogP contribution >= 0.6 is 45.8 Å². The SMILES string of the molecule is CCOc1cc(C=Nn2c(-c3cc4cc(Cl)ccc4o3)nc3ccccc3c2=O)cc(I)c1OCC(=O)Nc1ccc(Cl)cc1. The van der Waals surface area contributed by atoms with Crippen LogP contribution in [0.1, 0.15) is 12.5 Å². The number of halogens is 3. The maximum Gasteiger partial charge on any atom is 0.282 e. The molecule has 0 saturated carbocycles. The second-order valence-corrected chi connectivity index (χ2v) is 11.7. The Morgan fingerprint density at radius 3 is 2.60 bits per heavy atom. The summed E-state index contributed by atoms with van der Waals surface area (Å²) in [6.45, 7) is 1.96. The van der Waals surface area contributed by atoms with Crippen LogP contribution in [0.25, 0.3) is 33.5 Å². The van der Waals surface area contributed by atoms with Crippen LogP contribution in [0.5, 0.6) is 11.5 Å². The standard InChI is InChI=1S/C33H23Cl2IN4O5/c1-2-43-28-14-19(13-25(36)31(28)44-18-30(41)38-23-10-7-21(34)8-11-23)17-37-40-32(39-26-6-4-3-5-24(26)33(40)42)29-16-20-15-22(35)9-12-27(20)45-29/h3-17H,2,18H2,1H3,(H,38,41). The average molecular weight is 753 g/mol. The van der Waals surface area contributed by atoms with Gasteiger partial charge in [-0.25, -0.2) is 4.98 Å². The molecule has 0 aliphatic rings. The zero-order valence-electron chi connectivity index (χ0n) is 23.6. The molecule has 0 spiro atoms. The van der Waals surface area contributed by atoms with Gasteiger partial charge in [-0.3, -0.25) is 9.59 Å².